The minimum Gasteiger partial charge on any atom is -0.377 e. The van der Waals surface area contributed by atoms with E-state index in [1.54, 1.807) is 25.9 Å². The number of rotatable bonds is 8. The van der Waals surface area contributed by atoms with E-state index >= 15 is 0 Å². The molecule has 0 aliphatic carbocycles. The van der Waals surface area contributed by atoms with Crippen LogP contribution in [0.5, 0.6) is 0 Å². The van der Waals surface area contributed by atoms with Crippen LogP contribution >= 0.6 is 11.8 Å². The van der Waals surface area contributed by atoms with Gasteiger partial charge in [-0.25, -0.2) is 14.8 Å². The molecule has 2 N–H and O–H groups in total. The summed E-state index contributed by atoms with van der Waals surface area (Å²) in [6.45, 7) is 8.50. The maximum atomic E-state index is 11.9. The van der Waals surface area contributed by atoms with E-state index in [0.29, 0.717) is 37.0 Å². The second-order valence-electron chi connectivity index (χ2n) is 9.00. The van der Waals surface area contributed by atoms with E-state index in [1.807, 2.05) is 30.3 Å². The van der Waals surface area contributed by atoms with Crippen molar-refractivity contribution in [2.75, 3.05) is 56.4 Å². The van der Waals surface area contributed by atoms with Crippen molar-refractivity contribution in [1.29, 1.82) is 0 Å². The fourth-order valence-electron chi connectivity index (χ4n) is 3.52. The van der Waals surface area contributed by atoms with Crippen LogP contribution in [0.2, 0.25) is 0 Å². The molecule has 2 heterocycles. The second-order valence-corrected chi connectivity index (χ2v) is 10.1. The van der Waals surface area contributed by atoms with Crippen molar-refractivity contribution in [3.63, 3.8) is 0 Å². The second kappa shape index (κ2) is 11.5. The average molecular weight is 487 g/mol. The average Bonchev–Trinajstić information content (AvgIpc) is 2.78. The number of aromatic nitrogens is 2. The van der Waals surface area contributed by atoms with Crippen molar-refractivity contribution in [3.05, 3.63) is 36.0 Å². The number of amides is 3. The summed E-state index contributed by atoms with van der Waals surface area (Å²) in [5.41, 5.74) is 2.34. The minimum absolute atomic E-state index is 0.0213. The molecule has 9 nitrogen and oxygen atoms in total. The van der Waals surface area contributed by atoms with E-state index in [0.717, 1.165) is 29.4 Å². The standard InChI is InChI=1S/C24H34N6O3S/c1-17(31)25-10-13-34-15-20-14-21(30-11-12-33-16-24(30,2)3)28-22(26-20)18-6-8-19(9-7-18)27-23(32)29(4)5/h6-9,14H,10-13,15-16H2,1-5H3,(H,25,31)(H,27,32). The van der Waals surface area contributed by atoms with Crippen molar-refractivity contribution in [1.82, 2.24) is 20.2 Å². The Balaban J connectivity index is 1.84. The molecule has 34 heavy (non-hydrogen) atoms. The van der Waals surface area contributed by atoms with Crippen LogP contribution in [-0.4, -0.2) is 78.5 Å². The summed E-state index contributed by atoms with van der Waals surface area (Å²) in [6.07, 6.45) is 0. The summed E-state index contributed by atoms with van der Waals surface area (Å²) in [7, 11) is 3.40. The molecule has 3 rings (SSSR count). The van der Waals surface area contributed by atoms with Crippen molar-refractivity contribution in [3.8, 4) is 11.4 Å². The number of nitrogens with one attached hydrogen (secondary N) is 2. The van der Waals surface area contributed by atoms with E-state index in [2.05, 4.69) is 29.4 Å². The van der Waals surface area contributed by atoms with Gasteiger partial charge in [-0.2, -0.15) is 11.8 Å². The predicted molar refractivity (Wildman–Crippen MR) is 137 cm³/mol. The Morgan fingerprint density at radius 3 is 2.59 bits per heavy atom. The molecule has 1 aromatic carbocycles. The van der Waals surface area contributed by atoms with E-state index in [4.69, 9.17) is 14.7 Å². The van der Waals surface area contributed by atoms with Crippen molar-refractivity contribution in [2.45, 2.75) is 32.1 Å². The molecule has 1 aliphatic rings. The summed E-state index contributed by atoms with van der Waals surface area (Å²) in [4.78, 5) is 36.5. The number of anilines is 2. The number of hydrogen-bond acceptors (Lipinski definition) is 7. The third-order valence-electron chi connectivity index (χ3n) is 5.36. The first-order valence-electron chi connectivity index (χ1n) is 11.3. The van der Waals surface area contributed by atoms with Crippen LogP contribution < -0.4 is 15.5 Å². The summed E-state index contributed by atoms with van der Waals surface area (Å²) in [5.74, 6) is 3.01. The van der Waals surface area contributed by atoms with Gasteiger partial charge in [-0.05, 0) is 38.1 Å². The first kappa shape index (κ1) is 25.8. The number of nitrogens with zero attached hydrogens (tertiary/aromatic N) is 4. The highest BCUT2D eigenvalue weighted by atomic mass is 32.2. The van der Waals surface area contributed by atoms with Crippen LogP contribution in [0.25, 0.3) is 11.4 Å². The van der Waals surface area contributed by atoms with Gasteiger partial charge in [0.2, 0.25) is 5.91 Å². The number of urea groups is 1. The molecule has 1 aromatic heterocycles. The topological polar surface area (TPSA) is 99.7 Å². The van der Waals surface area contributed by atoms with Gasteiger partial charge in [0.1, 0.15) is 5.82 Å². The zero-order valence-electron chi connectivity index (χ0n) is 20.6. The number of thioether (sulfide) groups is 1. The molecule has 1 saturated heterocycles. The molecule has 10 heteroatoms. The molecule has 2 aromatic rings. The quantitative estimate of drug-likeness (QED) is 0.553. The summed E-state index contributed by atoms with van der Waals surface area (Å²) in [5, 5.41) is 5.66. The molecule has 184 valence electrons. The van der Waals surface area contributed by atoms with Gasteiger partial charge in [-0.3, -0.25) is 4.79 Å². The van der Waals surface area contributed by atoms with Crippen LogP contribution in [0.4, 0.5) is 16.3 Å². The highest BCUT2D eigenvalue weighted by Crippen LogP contribution is 2.29. The molecule has 0 saturated carbocycles. The Hall–Kier alpha value is -2.85. The normalized spacial score (nSPS) is 15.0. The van der Waals surface area contributed by atoms with Crippen LogP contribution in [-0.2, 0) is 15.3 Å². The summed E-state index contributed by atoms with van der Waals surface area (Å²) in [6, 6.07) is 9.42. The smallest absolute Gasteiger partial charge is 0.321 e. The van der Waals surface area contributed by atoms with Gasteiger partial charge in [0, 0.05) is 62.9 Å². The van der Waals surface area contributed by atoms with Crippen molar-refractivity contribution in [2.24, 2.45) is 0 Å². The van der Waals surface area contributed by atoms with Gasteiger partial charge < -0.3 is 25.2 Å². The van der Waals surface area contributed by atoms with Gasteiger partial charge in [0.15, 0.2) is 5.82 Å². The van der Waals surface area contributed by atoms with Crippen LogP contribution in [0.1, 0.15) is 26.5 Å². The van der Waals surface area contributed by atoms with Crippen LogP contribution in [0, 0.1) is 0 Å². The van der Waals surface area contributed by atoms with E-state index in [1.165, 1.54) is 11.8 Å². The Morgan fingerprint density at radius 1 is 1.21 bits per heavy atom. The Labute approximate surface area is 205 Å². The van der Waals surface area contributed by atoms with E-state index < -0.39 is 0 Å². The van der Waals surface area contributed by atoms with Gasteiger partial charge in [0.05, 0.1) is 24.4 Å². The lowest BCUT2D eigenvalue weighted by Crippen LogP contribution is -2.53. The van der Waals surface area contributed by atoms with Crippen LogP contribution in [0.3, 0.4) is 0 Å². The third kappa shape index (κ3) is 7.07. The fourth-order valence-corrected chi connectivity index (χ4v) is 4.27. The molecule has 0 spiro atoms. The SMILES string of the molecule is CC(=O)NCCSCc1cc(N2CCOCC2(C)C)nc(-c2ccc(NC(=O)N(C)C)cc2)n1. The van der Waals surface area contributed by atoms with Crippen molar-refractivity contribution < 1.29 is 14.3 Å². The van der Waals surface area contributed by atoms with Gasteiger partial charge in [-0.15, -0.1) is 0 Å². The molecular weight excluding hydrogens is 452 g/mol. The molecule has 1 fully saturated rings. The van der Waals surface area contributed by atoms with E-state index in [-0.39, 0.29) is 17.5 Å². The Bertz CT molecular complexity index is 997. The molecule has 3 amide bonds. The first-order chi connectivity index (χ1) is 16.2. The number of benzene rings is 1. The maximum Gasteiger partial charge on any atom is 0.321 e. The predicted octanol–water partition coefficient (Wildman–Crippen LogP) is 3.22. The third-order valence-corrected chi connectivity index (χ3v) is 6.35. The Morgan fingerprint density at radius 2 is 1.94 bits per heavy atom. The maximum absolute atomic E-state index is 11.9. The number of ether oxygens (including phenoxy) is 1. The first-order valence-corrected chi connectivity index (χ1v) is 12.5. The number of morpholine rings is 1. The minimum atomic E-state index is -0.181. The lowest BCUT2D eigenvalue weighted by molar-refractivity contribution is -0.118. The molecule has 0 radical (unpaired) electrons. The van der Waals surface area contributed by atoms with E-state index in [9.17, 15) is 9.59 Å². The lowest BCUT2D eigenvalue weighted by Gasteiger charge is -2.43. The molecule has 0 unspecified atom stereocenters. The number of hydrogen-bond donors (Lipinski definition) is 2. The fraction of sp³-hybridized carbons (Fsp3) is 0.500. The lowest BCUT2D eigenvalue weighted by atomic mass is 10.0. The Kier molecular flexibility index (Phi) is 8.73. The molecule has 1 aliphatic heterocycles. The monoisotopic (exact) mass is 486 g/mol. The summed E-state index contributed by atoms with van der Waals surface area (Å²) >= 11 is 1.72. The van der Waals surface area contributed by atoms with Crippen LogP contribution in [0.15, 0.2) is 30.3 Å². The molecular formula is C24H34N6O3S. The zero-order chi connectivity index (χ0) is 24.7. The van der Waals surface area contributed by atoms with Gasteiger partial charge >= 0.3 is 6.03 Å². The number of carbonyl (C=O) groups excluding carboxylic acids is 2. The van der Waals surface area contributed by atoms with Gasteiger partial charge in [0.25, 0.3) is 0 Å². The summed E-state index contributed by atoms with van der Waals surface area (Å²) < 4.78 is 5.69. The van der Waals surface area contributed by atoms with Gasteiger partial charge in [-0.1, -0.05) is 0 Å². The highest BCUT2D eigenvalue weighted by Gasteiger charge is 2.32. The molecule has 0 bridgehead atoms. The highest BCUT2D eigenvalue weighted by molar-refractivity contribution is 7.98. The van der Waals surface area contributed by atoms with Crippen molar-refractivity contribution >= 4 is 35.2 Å². The molecule has 0 atom stereocenters. The number of carbonyl (C=O) groups is 2. The largest absolute Gasteiger partial charge is 0.377 e. The zero-order valence-corrected chi connectivity index (χ0v) is 21.4.